The molecule has 1 amide bonds. The van der Waals surface area contributed by atoms with E-state index in [4.69, 9.17) is 4.42 Å². The van der Waals surface area contributed by atoms with Gasteiger partial charge < -0.3 is 13.9 Å². The summed E-state index contributed by atoms with van der Waals surface area (Å²) in [6, 6.07) is 3.67. The van der Waals surface area contributed by atoms with Crippen molar-refractivity contribution in [2.75, 3.05) is 14.1 Å². The first-order valence-corrected chi connectivity index (χ1v) is 4.93. The number of aromatic nitrogens is 1. The number of furan rings is 1. The first-order valence-electron chi connectivity index (χ1n) is 4.93. The van der Waals surface area contributed by atoms with Crippen molar-refractivity contribution in [2.24, 2.45) is 0 Å². The molecule has 0 bridgehead atoms. The Balaban J connectivity index is 2.59. The van der Waals surface area contributed by atoms with E-state index >= 15 is 0 Å². The van der Waals surface area contributed by atoms with Crippen LogP contribution in [-0.4, -0.2) is 29.5 Å². The number of carbonyl (C=O) groups excluding carboxylic acids is 1. The van der Waals surface area contributed by atoms with Gasteiger partial charge in [-0.05, 0) is 6.92 Å². The molecule has 0 aromatic carbocycles. The fourth-order valence-electron chi connectivity index (χ4n) is 1.72. The highest BCUT2D eigenvalue weighted by Gasteiger charge is 2.17. The summed E-state index contributed by atoms with van der Waals surface area (Å²) in [5.41, 5.74) is 2.42. The Hall–Kier alpha value is -1.71. The Morgan fingerprint density at radius 3 is 2.87 bits per heavy atom. The van der Waals surface area contributed by atoms with Crippen LogP contribution in [-0.2, 0) is 6.54 Å². The summed E-state index contributed by atoms with van der Waals surface area (Å²) in [7, 11) is 3.49. The van der Waals surface area contributed by atoms with Gasteiger partial charge in [-0.2, -0.15) is 0 Å². The second kappa shape index (κ2) is 3.46. The Bertz CT molecular complexity index is 494. The zero-order valence-corrected chi connectivity index (χ0v) is 9.15. The van der Waals surface area contributed by atoms with E-state index in [-0.39, 0.29) is 5.91 Å². The van der Waals surface area contributed by atoms with Gasteiger partial charge in [0.2, 0.25) is 0 Å². The van der Waals surface area contributed by atoms with Gasteiger partial charge in [0.1, 0.15) is 5.69 Å². The fraction of sp³-hybridized carbons (Fsp3) is 0.364. The summed E-state index contributed by atoms with van der Waals surface area (Å²) in [5.74, 6) is 0.00301. The minimum absolute atomic E-state index is 0.00301. The standard InChI is InChI=1S/C11H14N2O2/c1-4-13-8-5-6-15-10(8)7-9(13)11(14)12(2)3/h5-7H,4H2,1-3H3. The van der Waals surface area contributed by atoms with Crippen molar-refractivity contribution >= 4 is 17.0 Å². The highest BCUT2D eigenvalue weighted by Crippen LogP contribution is 2.21. The fourth-order valence-corrected chi connectivity index (χ4v) is 1.72. The van der Waals surface area contributed by atoms with Crippen molar-refractivity contribution in [3.63, 3.8) is 0 Å². The summed E-state index contributed by atoms with van der Waals surface area (Å²) in [6.45, 7) is 2.77. The molecule has 4 nitrogen and oxygen atoms in total. The molecule has 80 valence electrons. The highest BCUT2D eigenvalue weighted by molar-refractivity contribution is 5.97. The molecule has 2 rings (SSSR count). The van der Waals surface area contributed by atoms with Gasteiger partial charge in [0.05, 0.1) is 11.8 Å². The molecule has 0 fully saturated rings. The average Bonchev–Trinajstić information content (AvgIpc) is 2.74. The number of hydrogen-bond donors (Lipinski definition) is 0. The smallest absolute Gasteiger partial charge is 0.270 e. The summed E-state index contributed by atoms with van der Waals surface area (Å²) in [6.07, 6.45) is 1.64. The van der Waals surface area contributed by atoms with E-state index in [1.807, 2.05) is 17.6 Å². The SMILES string of the molecule is CCn1c(C(=O)N(C)C)cc2occc21. The van der Waals surface area contributed by atoms with Crippen LogP contribution in [0.3, 0.4) is 0 Å². The van der Waals surface area contributed by atoms with E-state index in [0.717, 1.165) is 17.6 Å². The van der Waals surface area contributed by atoms with E-state index in [1.165, 1.54) is 0 Å². The molecule has 2 aromatic rings. The van der Waals surface area contributed by atoms with Gasteiger partial charge in [-0.15, -0.1) is 0 Å². The molecular formula is C11H14N2O2. The lowest BCUT2D eigenvalue weighted by Gasteiger charge is -2.12. The lowest BCUT2D eigenvalue weighted by atomic mass is 10.4. The second-order valence-electron chi connectivity index (χ2n) is 3.64. The van der Waals surface area contributed by atoms with Crippen molar-refractivity contribution in [3.8, 4) is 0 Å². The molecule has 0 aliphatic rings. The number of aryl methyl sites for hydroxylation is 1. The van der Waals surface area contributed by atoms with Gasteiger partial charge >= 0.3 is 0 Å². The van der Waals surface area contributed by atoms with Gasteiger partial charge in [0.15, 0.2) is 5.58 Å². The lowest BCUT2D eigenvalue weighted by molar-refractivity contribution is 0.0817. The van der Waals surface area contributed by atoms with E-state index in [2.05, 4.69) is 0 Å². The maximum absolute atomic E-state index is 11.9. The predicted octanol–water partition coefficient (Wildman–Crippen LogP) is 1.96. The molecule has 4 heteroatoms. The van der Waals surface area contributed by atoms with Crippen LogP contribution < -0.4 is 0 Å². The zero-order valence-electron chi connectivity index (χ0n) is 9.15. The number of fused-ring (bicyclic) bond motifs is 1. The van der Waals surface area contributed by atoms with Gasteiger partial charge in [0.25, 0.3) is 5.91 Å². The van der Waals surface area contributed by atoms with Crippen LogP contribution in [0.25, 0.3) is 11.1 Å². The molecule has 0 spiro atoms. The average molecular weight is 206 g/mol. The first kappa shape index (κ1) is 9.83. The minimum atomic E-state index is 0.00301. The lowest BCUT2D eigenvalue weighted by Crippen LogP contribution is -2.24. The van der Waals surface area contributed by atoms with Crippen molar-refractivity contribution in [3.05, 3.63) is 24.1 Å². The van der Waals surface area contributed by atoms with E-state index in [0.29, 0.717) is 5.69 Å². The van der Waals surface area contributed by atoms with Gasteiger partial charge in [0, 0.05) is 32.8 Å². The number of rotatable bonds is 2. The van der Waals surface area contributed by atoms with Crippen LogP contribution in [0.4, 0.5) is 0 Å². The molecular weight excluding hydrogens is 192 g/mol. The van der Waals surface area contributed by atoms with Crippen LogP contribution in [0.1, 0.15) is 17.4 Å². The summed E-state index contributed by atoms with van der Waals surface area (Å²) < 4.78 is 7.24. The maximum Gasteiger partial charge on any atom is 0.270 e. The van der Waals surface area contributed by atoms with Crippen LogP contribution in [0.2, 0.25) is 0 Å². The van der Waals surface area contributed by atoms with Crippen molar-refractivity contribution in [1.82, 2.24) is 9.47 Å². The first-order chi connectivity index (χ1) is 7.15. The summed E-state index contributed by atoms with van der Waals surface area (Å²) in [4.78, 5) is 13.4. The topological polar surface area (TPSA) is 38.4 Å². The molecule has 0 saturated heterocycles. The van der Waals surface area contributed by atoms with E-state index in [9.17, 15) is 4.79 Å². The van der Waals surface area contributed by atoms with Gasteiger partial charge in [-0.1, -0.05) is 0 Å². The maximum atomic E-state index is 11.9. The van der Waals surface area contributed by atoms with Crippen LogP contribution in [0.15, 0.2) is 22.8 Å². The molecule has 0 N–H and O–H groups in total. The Morgan fingerprint density at radius 1 is 1.53 bits per heavy atom. The summed E-state index contributed by atoms with van der Waals surface area (Å²) in [5, 5.41) is 0. The molecule has 0 unspecified atom stereocenters. The monoisotopic (exact) mass is 206 g/mol. The Morgan fingerprint density at radius 2 is 2.27 bits per heavy atom. The highest BCUT2D eigenvalue weighted by atomic mass is 16.3. The number of nitrogens with zero attached hydrogens (tertiary/aromatic N) is 2. The van der Waals surface area contributed by atoms with Crippen LogP contribution in [0, 0.1) is 0 Å². The molecule has 0 atom stereocenters. The number of carbonyl (C=O) groups is 1. The molecule has 0 aliphatic heterocycles. The van der Waals surface area contributed by atoms with Crippen LogP contribution >= 0.6 is 0 Å². The molecule has 0 aliphatic carbocycles. The molecule has 15 heavy (non-hydrogen) atoms. The van der Waals surface area contributed by atoms with Gasteiger partial charge in [-0.3, -0.25) is 4.79 Å². The minimum Gasteiger partial charge on any atom is -0.463 e. The zero-order chi connectivity index (χ0) is 11.0. The molecule has 2 heterocycles. The largest absolute Gasteiger partial charge is 0.463 e. The van der Waals surface area contributed by atoms with Crippen molar-refractivity contribution in [1.29, 1.82) is 0 Å². The third-order valence-electron chi connectivity index (χ3n) is 2.46. The van der Waals surface area contributed by atoms with Crippen molar-refractivity contribution < 1.29 is 9.21 Å². The number of hydrogen-bond acceptors (Lipinski definition) is 2. The molecule has 2 aromatic heterocycles. The normalized spacial score (nSPS) is 10.9. The Kier molecular flexibility index (Phi) is 2.26. The number of amides is 1. The Labute approximate surface area is 88.1 Å². The van der Waals surface area contributed by atoms with Crippen LogP contribution in [0.5, 0.6) is 0 Å². The third kappa shape index (κ3) is 1.42. The summed E-state index contributed by atoms with van der Waals surface area (Å²) >= 11 is 0. The predicted molar refractivity (Wildman–Crippen MR) is 57.9 cm³/mol. The second-order valence-corrected chi connectivity index (χ2v) is 3.64. The van der Waals surface area contributed by atoms with Crippen molar-refractivity contribution in [2.45, 2.75) is 13.5 Å². The molecule has 0 saturated carbocycles. The van der Waals surface area contributed by atoms with E-state index in [1.54, 1.807) is 31.3 Å². The van der Waals surface area contributed by atoms with Gasteiger partial charge in [-0.25, -0.2) is 0 Å². The van der Waals surface area contributed by atoms with E-state index < -0.39 is 0 Å². The quantitative estimate of drug-likeness (QED) is 0.753. The third-order valence-corrected chi connectivity index (χ3v) is 2.46. The molecule has 0 radical (unpaired) electrons.